The second-order valence-electron chi connectivity index (χ2n) is 5.36. The van der Waals surface area contributed by atoms with E-state index in [0.29, 0.717) is 0 Å². The molecule has 0 amide bonds. The van der Waals surface area contributed by atoms with E-state index >= 15 is 0 Å². The first kappa shape index (κ1) is 15.1. The minimum atomic E-state index is -0.00538. The summed E-state index contributed by atoms with van der Waals surface area (Å²) in [5.74, 6) is 2.02. The average molecular weight is 267 g/mol. The lowest BCUT2D eigenvalue weighted by molar-refractivity contribution is 0.0950. The van der Waals surface area contributed by atoms with Gasteiger partial charge in [0.25, 0.3) is 0 Å². The molecule has 1 unspecified atom stereocenters. The summed E-state index contributed by atoms with van der Waals surface area (Å²) in [5, 5.41) is 0.0518. The summed E-state index contributed by atoms with van der Waals surface area (Å²) in [6.45, 7) is 8.49. The molecule has 2 nitrogen and oxygen atoms in total. The molecule has 0 saturated carbocycles. The van der Waals surface area contributed by atoms with Gasteiger partial charge in [0.05, 0.1) is 7.11 Å². The highest BCUT2D eigenvalue weighted by Gasteiger charge is 2.37. The molecule has 3 heteroatoms. The van der Waals surface area contributed by atoms with Gasteiger partial charge in [0, 0.05) is 11.0 Å². The predicted molar refractivity (Wildman–Crippen MR) is 79.9 cm³/mol. The lowest BCUT2D eigenvalue weighted by Gasteiger charge is -2.23. The van der Waals surface area contributed by atoms with E-state index in [4.69, 9.17) is 4.74 Å². The van der Waals surface area contributed by atoms with Crippen molar-refractivity contribution in [2.24, 2.45) is 5.41 Å². The van der Waals surface area contributed by atoms with Crippen molar-refractivity contribution in [2.45, 2.75) is 32.9 Å². The Morgan fingerprint density at radius 1 is 1.28 bits per heavy atom. The molecule has 1 atom stereocenters. The van der Waals surface area contributed by atoms with Gasteiger partial charge >= 0.3 is 0 Å². The fourth-order valence-corrected chi connectivity index (χ4v) is 3.07. The third-order valence-corrected chi connectivity index (χ3v) is 4.55. The van der Waals surface area contributed by atoms with E-state index < -0.39 is 0 Å². The lowest BCUT2D eigenvalue weighted by atomic mass is 9.87. The quantitative estimate of drug-likeness (QED) is 0.465. The second-order valence-corrected chi connectivity index (χ2v) is 6.87. The Labute approximate surface area is 114 Å². The number of ketones is 1. The van der Waals surface area contributed by atoms with Gasteiger partial charge in [-0.15, -0.1) is 0 Å². The van der Waals surface area contributed by atoms with E-state index in [1.54, 1.807) is 7.11 Å². The Kier molecular flexibility index (Phi) is 5.27. The van der Waals surface area contributed by atoms with Crippen LogP contribution in [0.1, 0.15) is 38.1 Å². The fourth-order valence-electron chi connectivity index (χ4n) is 1.85. The van der Waals surface area contributed by atoms with Crippen LogP contribution in [0.4, 0.5) is 0 Å². The summed E-state index contributed by atoms with van der Waals surface area (Å²) in [6, 6.07) is 7.39. The molecule has 100 valence electrons. The number of carbonyl (C=O) groups is 1. The average Bonchev–Trinajstić information content (AvgIpc) is 2.34. The molecule has 0 aliphatic carbocycles. The maximum atomic E-state index is 12.5. The normalized spacial score (nSPS) is 13.2. The zero-order valence-electron chi connectivity index (χ0n) is 11.9. The third kappa shape index (κ3) is 3.77. The van der Waals surface area contributed by atoms with Gasteiger partial charge in [0.1, 0.15) is 11.5 Å². The summed E-state index contributed by atoms with van der Waals surface area (Å²) in [7, 11) is 1.63. The molecule has 1 aromatic carbocycles. The number of rotatable bonds is 5. The minimum absolute atomic E-state index is 0.00538. The van der Waals surface area contributed by atoms with E-state index in [0.717, 1.165) is 17.1 Å². The molecular formula is C15H23O2S+. The van der Waals surface area contributed by atoms with Crippen LogP contribution >= 0.6 is 0 Å². The van der Waals surface area contributed by atoms with Crippen LogP contribution < -0.4 is 4.74 Å². The van der Waals surface area contributed by atoms with Crippen molar-refractivity contribution in [1.29, 1.82) is 0 Å². The van der Waals surface area contributed by atoms with Crippen LogP contribution in [0.25, 0.3) is 0 Å². The maximum absolute atomic E-state index is 12.5. The van der Waals surface area contributed by atoms with Crippen molar-refractivity contribution in [1.82, 2.24) is 0 Å². The van der Waals surface area contributed by atoms with Crippen LogP contribution in [-0.4, -0.2) is 23.9 Å². The molecule has 0 bridgehead atoms. The van der Waals surface area contributed by atoms with Crippen LogP contribution in [0.3, 0.4) is 0 Å². The first-order valence-corrected chi connectivity index (χ1v) is 7.40. The molecule has 18 heavy (non-hydrogen) atoms. The van der Waals surface area contributed by atoms with Crippen LogP contribution in [0.15, 0.2) is 24.3 Å². The van der Waals surface area contributed by atoms with E-state index in [1.165, 1.54) is 11.8 Å². The first-order valence-electron chi connectivity index (χ1n) is 6.25. The number of Topliss-reactive ketones (excluding diaryl/α,β-unsaturated/α-hetero) is 1. The van der Waals surface area contributed by atoms with Crippen LogP contribution in [-0.2, 0) is 11.8 Å². The van der Waals surface area contributed by atoms with Crippen molar-refractivity contribution in [3.63, 3.8) is 0 Å². The Morgan fingerprint density at radius 2 is 1.83 bits per heavy atom. The Morgan fingerprint density at radius 3 is 2.22 bits per heavy atom. The highest BCUT2D eigenvalue weighted by Crippen LogP contribution is 2.26. The highest BCUT2D eigenvalue weighted by atomic mass is 32.2. The van der Waals surface area contributed by atoms with Crippen molar-refractivity contribution < 1.29 is 9.53 Å². The molecule has 0 aromatic heterocycles. The van der Waals surface area contributed by atoms with Gasteiger partial charge in [-0.05, 0) is 43.0 Å². The summed E-state index contributed by atoms with van der Waals surface area (Å²) in [5.41, 5.74) is 0.769. The zero-order chi connectivity index (χ0) is 13.8. The number of ether oxygens (including phenoxy) is 1. The number of carbonyl (C=O) groups excluding carboxylic acids is 1. The summed E-state index contributed by atoms with van der Waals surface area (Å²) in [6.07, 6.45) is 0. The van der Waals surface area contributed by atoms with Gasteiger partial charge in [0.2, 0.25) is 5.78 Å². The third-order valence-electron chi connectivity index (χ3n) is 2.81. The van der Waals surface area contributed by atoms with Crippen LogP contribution in [0, 0.1) is 5.41 Å². The largest absolute Gasteiger partial charge is 0.497 e. The topological polar surface area (TPSA) is 26.3 Å². The van der Waals surface area contributed by atoms with Crippen molar-refractivity contribution in [3.8, 4) is 5.75 Å². The van der Waals surface area contributed by atoms with Gasteiger partial charge in [0.15, 0.2) is 5.25 Å². The first-order chi connectivity index (χ1) is 8.40. The van der Waals surface area contributed by atoms with E-state index in [9.17, 15) is 4.79 Å². The molecule has 0 saturated heterocycles. The smallest absolute Gasteiger partial charge is 0.215 e. The van der Waals surface area contributed by atoms with Crippen LogP contribution in [0.5, 0.6) is 5.75 Å². The number of benzene rings is 1. The molecule has 0 spiro atoms. The molecule has 1 aromatic rings. The summed E-state index contributed by atoms with van der Waals surface area (Å²) in [4.78, 5) is 12.5. The number of hydrogen-bond donors (Lipinski definition) is 0. The molecule has 0 aliphatic rings. The van der Waals surface area contributed by atoms with Gasteiger partial charge in [-0.3, -0.25) is 4.79 Å². The second kappa shape index (κ2) is 6.28. The van der Waals surface area contributed by atoms with Crippen LogP contribution in [0.2, 0.25) is 0 Å². The van der Waals surface area contributed by atoms with Gasteiger partial charge < -0.3 is 4.74 Å². The fraction of sp³-hybridized carbons (Fsp3) is 0.533. The molecule has 0 radical (unpaired) electrons. The van der Waals surface area contributed by atoms with E-state index in [-0.39, 0.29) is 16.4 Å². The standard InChI is InChI=1S/C15H22O2S/c1-6-18-14(15(2,3)4)13(16)11-7-9-12(17-5)10-8-11/h7-10,14H,6H2,1-5H3/p+1. The van der Waals surface area contributed by atoms with Crippen molar-refractivity contribution in [3.05, 3.63) is 29.8 Å². The zero-order valence-corrected chi connectivity index (χ0v) is 12.8. The SMILES string of the molecule is CC[SH+]C(C(=O)c1ccc(OC)cc1)C(C)(C)C. The molecule has 0 fully saturated rings. The Hall–Kier alpha value is -0.960. The summed E-state index contributed by atoms with van der Waals surface area (Å²) < 4.78 is 5.11. The Bertz CT molecular complexity index is 390. The number of thiol groups is 1. The molecule has 0 heterocycles. The lowest BCUT2D eigenvalue weighted by Crippen LogP contribution is -2.36. The maximum Gasteiger partial charge on any atom is 0.215 e. The van der Waals surface area contributed by atoms with Crippen molar-refractivity contribution in [2.75, 3.05) is 12.9 Å². The summed E-state index contributed by atoms with van der Waals surface area (Å²) >= 11 is 1.20. The van der Waals surface area contributed by atoms with E-state index in [2.05, 4.69) is 27.7 Å². The van der Waals surface area contributed by atoms with Crippen molar-refractivity contribution >= 4 is 17.5 Å². The van der Waals surface area contributed by atoms with Gasteiger partial charge in [-0.25, -0.2) is 0 Å². The number of hydrogen-bond acceptors (Lipinski definition) is 2. The minimum Gasteiger partial charge on any atom is -0.497 e. The Balaban J connectivity index is 2.94. The molecule has 1 rings (SSSR count). The predicted octanol–water partition coefficient (Wildman–Crippen LogP) is 3.13. The molecule has 0 N–H and O–H groups in total. The molecule has 0 aliphatic heterocycles. The van der Waals surface area contributed by atoms with Gasteiger partial charge in [-0.1, -0.05) is 20.8 Å². The van der Waals surface area contributed by atoms with Gasteiger partial charge in [-0.2, -0.15) is 0 Å². The van der Waals surface area contributed by atoms with E-state index in [1.807, 2.05) is 24.3 Å². The number of methoxy groups -OCH3 is 1. The monoisotopic (exact) mass is 267 g/mol. The highest BCUT2D eigenvalue weighted by molar-refractivity contribution is 7.80. The molecular weight excluding hydrogens is 244 g/mol.